The van der Waals surface area contributed by atoms with Gasteiger partial charge in [-0.15, -0.1) is 0 Å². The van der Waals surface area contributed by atoms with Crippen LogP contribution >= 0.6 is 0 Å². The van der Waals surface area contributed by atoms with Gasteiger partial charge in [-0.3, -0.25) is 14.7 Å². The number of carbonyl (C=O) groups is 2. The Labute approximate surface area is 181 Å². The van der Waals surface area contributed by atoms with Gasteiger partial charge >= 0.3 is 0 Å². The first-order valence-electron chi connectivity index (χ1n) is 10.6. The van der Waals surface area contributed by atoms with Crippen molar-refractivity contribution in [1.29, 1.82) is 0 Å². The molecule has 3 heterocycles. The van der Waals surface area contributed by atoms with E-state index < -0.39 is 0 Å². The van der Waals surface area contributed by atoms with Gasteiger partial charge in [0.2, 0.25) is 5.91 Å². The van der Waals surface area contributed by atoms with Crippen molar-refractivity contribution in [1.82, 2.24) is 30.0 Å². The van der Waals surface area contributed by atoms with E-state index in [-0.39, 0.29) is 17.7 Å². The molecule has 4 rings (SSSR count). The van der Waals surface area contributed by atoms with Crippen LogP contribution in [0.1, 0.15) is 38.7 Å². The number of likely N-dealkylation sites (tertiary alicyclic amines) is 1. The minimum Gasteiger partial charge on any atom is -0.355 e. The van der Waals surface area contributed by atoms with E-state index in [1.54, 1.807) is 11.1 Å². The van der Waals surface area contributed by atoms with E-state index in [2.05, 4.69) is 20.5 Å². The molecule has 8 heteroatoms. The van der Waals surface area contributed by atoms with Crippen molar-refractivity contribution >= 4 is 11.8 Å². The van der Waals surface area contributed by atoms with Crippen molar-refractivity contribution in [3.63, 3.8) is 0 Å². The summed E-state index contributed by atoms with van der Waals surface area (Å²) in [5.41, 5.74) is 4.79. The number of carbonyl (C=O) groups excluding carboxylic acids is 2. The summed E-state index contributed by atoms with van der Waals surface area (Å²) in [6.45, 7) is 7.95. The van der Waals surface area contributed by atoms with Crippen LogP contribution in [0.5, 0.6) is 0 Å². The molecule has 0 bridgehead atoms. The average Bonchev–Trinajstić information content (AvgIpc) is 3.26. The minimum absolute atomic E-state index is 0.00479. The summed E-state index contributed by atoms with van der Waals surface area (Å²) in [4.78, 5) is 31.5. The van der Waals surface area contributed by atoms with Gasteiger partial charge in [0.05, 0.1) is 11.6 Å². The topological polar surface area (TPSA) is 95.9 Å². The number of amides is 2. The van der Waals surface area contributed by atoms with Crippen LogP contribution in [0.25, 0.3) is 0 Å². The number of H-pyrrole nitrogens is 1. The normalized spacial score (nSPS) is 13.8. The van der Waals surface area contributed by atoms with Crippen LogP contribution in [0.15, 0.2) is 36.7 Å². The van der Waals surface area contributed by atoms with Crippen molar-refractivity contribution in [3.05, 3.63) is 70.6 Å². The first-order chi connectivity index (χ1) is 14.9. The Morgan fingerprint density at radius 1 is 1.19 bits per heavy atom. The molecular formula is C23H28N6O2. The lowest BCUT2D eigenvalue weighted by Crippen LogP contribution is -2.56. The lowest BCUT2D eigenvalue weighted by Gasteiger charge is -2.38. The van der Waals surface area contributed by atoms with Crippen LogP contribution in [0, 0.1) is 26.7 Å². The van der Waals surface area contributed by atoms with Crippen molar-refractivity contribution in [2.45, 2.75) is 33.7 Å². The van der Waals surface area contributed by atoms with E-state index in [0.29, 0.717) is 31.7 Å². The van der Waals surface area contributed by atoms with Gasteiger partial charge in [-0.1, -0.05) is 18.2 Å². The van der Waals surface area contributed by atoms with Gasteiger partial charge in [0.1, 0.15) is 5.82 Å². The monoisotopic (exact) mass is 420 g/mol. The molecule has 1 saturated heterocycles. The molecule has 1 fully saturated rings. The second-order valence-electron chi connectivity index (χ2n) is 8.12. The van der Waals surface area contributed by atoms with Gasteiger partial charge in [0.15, 0.2) is 0 Å². The highest BCUT2D eigenvalue weighted by molar-refractivity contribution is 5.97. The third-order valence-electron chi connectivity index (χ3n) is 6.01. The maximum atomic E-state index is 13.0. The van der Waals surface area contributed by atoms with Gasteiger partial charge in [0, 0.05) is 49.8 Å². The van der Waals surface area contributed by atoms with Crippen molar-refractivity contribution in [3.8, 4) is 0 Å². The number of aromatic nitrogens is 4. The summed E-state index contributed by atoms with van der Waals surface area (Å²) in [5.74, 6) is 0.731. The maximum Gasteiger partial charge on any atom is 0.254 e. The number of benzene rings is 1. The van der Waals surface area contributed by atoms with Gasteiger partial charge in [-0.05, 0) is 44.4 Å². The fourth-order valence-corrected chi connectivity index (χ4v) is 4.00. The molecule has 1 aliphatic rings. The summed E-state index contributed by atoms with van der Waals surface area (Å²) < 4.78 is 2.02. The highest BCUT2D eigenvalue weighted by Gasteiger charge is 2.36. The van der Waals surface area contributed by atoms with Gasteiger partial charge in [-0.25, -0.2) is 4.98 Å². The highest BCUT2D eigenvalue weighted by atomic mass is 16.2. The lowest BCUT2D eigenvalue weighted by molar-refractivity contribution is -0.128. The fourth-order valence-electron chi connectivity index (χ4n) is 4.00. The quantitative estimate of drug-likeness (QED) is 0.611. The third-order valence-corrected chi connectivity index (χ3v) is 6.01. The average molecular weight is 421 g/mol. The fraction of sp³-hybridized carbons (Fsp3) is 0.391. The molecule has 0 aliphatic carbocycles. The summed E-state index contributed by atoms with van der Waals surface area (Å²) in [6.07, 6.45) is 4.41. The SMILES string of the molecule is Cc1n[nH]c(C)c1CCNC(=O)C1CN(C(=O)c2ccccc2Cn2ccnc2C)C1. The van der Waals surface area contributed by atoms with Crippen LogP contribution in [0.2, 0.25) is 0 Å². The van der Waals surface area contributed by atoms with Crippen LogP contribution < -0.4 is 5.32 Å². The molecule has 31 heavy (non-hydrogen) atoms. The summed E-state index contributed by atoms with van der Waals surface area (Å²) in [5, 5.41) is 10.1. The zero-order valence-corrected chi connectivity index (χ0v) is 18.2. The molecule has 0 radical (unpaired) electrons. The lowest BCUT2D eigenvalue weighted by atomic mass is 9.96. The zero-order valence-electron chi connectivity index (χ0n) is 18.2. The van der Waals surface area contributed by atoms with Crippen LogP contribution in [-0.4, -0.2) is 56.1 Å². The summed E-state index contributed by atoms with van der Waals surface area (Å²) in [6, 6.07) is 7.64. The van der Waals surface area contributed by atoms with E-state index in [9.17, 15) is 9.59 Å². The standard InChI is InChI=1S/C23H28N6O2/c1-15-20(16(2)27-26-15)8-9-25-22(30)19-13-29(14-19)23(31)21-7-5-4-6-18(21)12-28-11-10-24-17(28)3/h4-7,10-11,19H,8-9,12-14H2,1-3H3,(H,25,30)(H,26,27). The molecule has 1 aromatic carbocycles. The van der Waals surface area contributed by atoms with Crippen LogP contribution in [0.4, 0.5) is 0 Å². The van der Waals surface area contributed by atoms with Crippen molar-refractivity contribution < 1.29 is 9.59 Å². The highest BCUT2D eigenvalue weighted by Crippen LogP contribution is 2.22. The Kier molecular flexibility index (Phi) is 5.88. The first kappa shape index (κ1) is 20.8. The third kappa shape index (κ3) is 4.38. The molecule has 3 aromatic rings. The number of aryl methyl sites for hydroxylation is 3. The van der Waals surface area contributed by atoms with Gasteiger partial charge < -0.3 is 14.8 Å². The number of hydrogen-bond acceptors (Lipinski definition) is 4. The minimum atomic E-state index is -0.154. The van der Waals surface area contributed by atoms with E-state index in [1.807, 2.05) is 55.8 Å². The number of nitrogens with one attached hydrogen (secondary N) is 2. The predicted octanol–water partition coefficient (Wildman–Crippen LogP) is 2.01. The van der Waals surface area contributed by atoms with Crippen LogP contribution in [-0.2, 0) is 17.8 Å². The molecule has 0 spiro atoms. The molecule has 0 saturated carbocycles. The Hall–Kier alpha value is -3.42. The smallest absolute Gasteiger partial charge is 0.254 e. The molecule has 8 nitrogen and oxygen atoms in total. The predicted molar refractivity (Wildman–Crippen MR) is 117 cm³/mol. The second kappa shape index (κ2) is 8.75. The first-order valence-corrected chi connectivity index (χ1v) is 10.6. The van der Waals surface area contributed by atoms with Gasteiger partial charge in [0.25, 0.3) is 5.91 Å². The maximum absolute atomic E-state index is 13.0. The number of aromatic amines is 1. The summed E-state index contributed by atoms with van der Waals surface area (Å²) >= 11 is 0. The van der Waals surface area contributed by atoms with Gasteiger partial charge in [-0.2, -0.15) is 5.10 Å². The van der Waals surface area contributed by atoms with Crippen molar-refractivity contribution in [2.24, 2.45) is 5.92 Å². The summed E-state index contributed by atoms with van der Waals surface area (Å²) in [7, 11) is 0. The van der Waals surface area contributed by atoms with E-state index in [4.69, 9.17) is 0 Å². The molecule has 0 unspecified atom stereocenters. The second-order valence-corrected chi connectivity index (χ2v) is 8.12. The molecule has 2 aromatic heterocycles. The number of hydrogen-bond donors (Lipinski definition) is 2. The molecular weight excluding hydrogens is 392 g/mol. The van der Waals surface area contributed by atoms with E-state index in [1.165, 1.54) is 0 Å². The Morgan fingerprint density at radius 2 is 1.97 bits per heavy atom. The molecule has 1 aliphatic heterocycles. The molecule has 162 valence electrons. The Balaban J connectivity index is 1.30. The van der Waals surface area contributed by atoms with E-state index >= 15 is 0 Å². The molecule has 0 atom stereocenters. The largest absolute Gasteiger partial charge is 0.355 e. The number of imidazole rings is 1. The molecule has 2 amide bonds. The molecule has 2 N–H and O–H groups in total. The van der Waals surface area contributed by atoms with E-state index in [0.717, 1.165) is 34.8 Å². The Morgan fingerprint density at radius 3 is 2.65 bits per heavy atom. The number of rotatable bonds is 7. The number of nitrogens with zero attached hydrogens (tertiary/aromatic N) is 4. The van der Waals surface area contributed by atoms with Crippen LogP contribution in [0.3, 0.4) is 0 Å². The Bertz CT molecular complexity index is 1070. The van der Waals surface area contributed by atoms with Crippen molar-refractivity contribution in [2.75, 3.05) is 19.6 Å². The zero-order chi connectivity index (χ0) is 22.0.